The number of hydrogen-bond donors (Lipinski definition) is 2. The van der Waals surface area contributed by atoms with Crippen LogP contribution in [0, 0.1) is 5.92 Å². The van der Waals surface area contributed by atoms with Gasteiger partial charge in [0.15, 0.2) is 0 Å². The fourth-order valence-electron chi connectivity index (χ4n) is 2.51. The molecule has 5 nitrogen and oxygen atoms in total. The summed E-state index contributed by atoms with van der Waals surface area (Å²) in [5.74, 6) is -1.18. The van der Waals surface area contributed by atoms with Crippen molar-refractivity contribution in [3.05, 3.63) is 33.8 Å². The van der Waals surface area contributed by atoms with E-state index in [1.807, 2.05) is 0 Å². The molecule has 2 rings (SSSR count). The van der Waals surface area contributed by atoms with Gasteiger partial charge in [-0.1, -0.05) is 29.3 Å². The largest absolute Gasteiger partial charge is 0.480 e. The van der Waals surface area contributed by atoms with E-state index in [-0.39, 0.29) is 12.5 Å². The van der Waals surface area contributed by atoms with Crippen molar-refractivity contribution >= 4 is 35.3 Å². The summed E-state index contributed by atoms with van der Waals surface area (Å²) >= 11 is 11.9. The number of rotatable bonds is 3. The van der Waals surface area contributed by atoms with E-state index in [0.29, 0.717) is 22.9 Å². The smallest absolute Gasteiger partial charge is 0.408 e. The van der Waals surface area contributed by atoms with Gasteiger partial charge in [0.1, 0.15) is 6.04 Å². The summed E-state index contributed by atoms with van der Waals surface area (Å²) in [6.45, 7) is 0.200. The summed E-state index contributed by atoms with van der Waals surface area (Å²) in [6, 6.07) is 4.13. The molecule has 0 aliphatic carbocycles. The maximum atomic E-state index is 11.1. The van der Waals surface area contributed by atoms with E-state index >= 15 is 0 Å². The average molecular weight is 318 g/mol. The first-order valence-corrected chi connectivity index (χ1v) is 6.80. The number of carboxylic acids is 1. The molecule has 2 N–H and O–H groups in total. The van der Waals surface area contributed by atoms with Crippen molar-refractivity contribution in [3.63, 3.8) is 0 Å². The number of aliphatic carboxylic acids is 1. The van der Waals surface area contributed by atoms with Crippen LogP contribution in [-0.4, -0.2) is 39.8 Å². The fraction of sp³-hybridized carbons (Fsp3) is 0.385. The minimum Gasteiger partial charge on any atom is -0.480 e. The van der Waals surface area contributed by atoms with Gasteiger partial charge in [0.25, 0.3) is 0 Å². The maximum absolute atomic E-state index is 11.1. The third-order valence-corrected chi connectivity index (χ3v) is 4.03. The second-order valence-electron chi connectivity index (χ2n) is 4.83. The van der Waals surface area contributed by atoms with Crippen LogP contribution < -0.4 is 0 Å². The lowest BCUT2D eigenvalue weighted by Crippen LogP contribution is -2.39. The lowest BCUT2D eigenvalue weighted by molar-refractivity contribution is -0.141. The standard InChI is InChI=1S/C13H13Cl2NO4/c14-9-2-1-8(10(15)5-9)3-7-4-11(12(17)18)16(6-7)13(19)20/h1-2,5,7,11H,3-4,6H2,(H,17,18)(H,19,20)/t7-,11+/m1/s1. The minimum absolute atomic E-state index is 0.0640. The minimum atomic E-state index is -1.21. The first-order chi connectivity index (χ1) is 9.38. The molecule has 1 heterocycles. The van der Waals surface area contributed by atoms with E-state index in [2.05, 4.69) is 0 Å². The molecule has 2 atom stereocenters. The van der Waals surface area contributed by atoms with Gasteiger partial charge in [-0.2, -0.15) is 0 Å². The summed E-state index contributed by atoms with van der Waals surface area (Å²) in [4.78, 5) is 23.1. The van der Waals surface area contributed by atoms with Crippen molar-refractivity contribution in [2.75, 3.05) is 6.54 Å². The van der Waals surface area contributed by atoms with Gasteiger partial charge in [0.2, 0.25) is 0 Å². The summed E-state index contributed by atoms with van der Waals surface area (Å²) in [6.07, 6.45) is -0.383. The lowest BCUT2D eigenvalue weighted by Gasteiger charge is -2.16. The Labute approximate surface area is 125 Å². The molecule has 1 amide bonds. The first-order valence-electron chi connectivity index (χ1n) is 6.04. The zero-order chi connectivity index (χ0) is 14.9. The highest BCUT2D eigenvalue weighted by Crippen LogP contribution is 2.30. The highest BCUT2D eigenvalue weighted by atomic mass is 35.5. The van der Waals surface area contributed by atoms with Gasteiger partial charge in [-0.3, -0.25) is 4.90 Å². The number of benzene rings is 1. The Hall–Kier alpha value is -1.46. The highest BCUT2D eigenvalue weighted by Gasteiger charge is 2.39. The Morgan fingerprint density at radius 3 is 2.50 bits per heavy atom. The molecule has 0 unspecified atom stereocenters. The van der Waals surface area contributed by atoms with Crippen molar-refractivity contribution < 1.29 is 19.8 Å². The van der Waals surface area contributed by atoms with Gasteiger partial charge in [-0.15, -0.1) is 0 Å². The van der Waals surface area contributed by atoms with Gasteiger partial charge in [0.05, 0.1) is 0 Å². The average Bonchev–Trinajstić information content (AvgIpc) is 2.77. The van der Waals surface area contributed by atoms with Crippen molar-refractivity contribution in [1.82, 2.24) is 4.90 Å². The van der Waals surface area contributed by atoms with Crippen LogP contribution in [0.2, 0.25) is 10.0 Å². The monoisotopic (exact) mass is 317 g/mol. The third kappa shape index (κ3) is 3.16. The van der Waals surface area contributed by atoms with Gasteiger partial charge < -0.3 is 10.2 Å². The predicted molar refractivity (Wildman–Crippen MR) is 74.4 cm³/mol. The maximum Gasteiger partial charge on any atom is 0.408 e. The molecular formula is C13H13Cl2NO4. The Morgan fingerprint density at radius 2 is 2.00 bits per heavy atom. The number of carboxylic acid groups (broad SMARTS) is 2. The molecule has 108 valence electrons. The number of halogens is 2. The molecule has 0 saturated carbocycles. The van der Waals surface area contributed by atoms with Gasteiger partial charge in [0, 0.05) is 16.6 Å². The van der Waals surface area contributed by atoms with Crippen LogP contribution >= 0.6 is 23.2 Å². The van der Waals surface area contributed by atoms with Crippen molar-refractivity contribution in [3.8, 4) is 0 Å². The zero-order valence-electron chi connectivity index (χ0n) is 10.4. The molecule has 20 heavy (non-hydrogen) atoms. The van der Waals surface area contributed by atoms with E-state index in [1.165, 1.54) is 0 Å². The van der Waals surface area contributed by atoms with Crippen LogP contribution in [0.15, 0.2) is 18.2 Å². The van der Waals surface area contributed by atoms with Crippen LogP contribution in [0.25, 0.3) is 0 Å². The van der Waals surface area contributed by atoms with E-state index in [4.69, 9.17) is 33.4 Å². The van der Waals surface area contributed by atoms with Crippen LogP contribution in [0.3, 0.4) is 0 Å². The van der Waals surface area contributed by atoms with Crippen LogP contribution in [-0.2, 0) is 11.2 Å². The molecular weight excluding hydrogens is 305 g/mol. The normalized spacial score (nSPS) is 22.0. The molecule has 1 aliphatic heterocycles. The molecule has 1 aliphatic rings. The Bertz CT molecular complexity index is 527. The molecule has 0 bridgehead atoms. The van der Waals surface area contributed by atoms with Gasteiger partial charge in [-0.25, -0.2) is 9.59 Å². The predicted octanol–water partition coefficient (Wildman–Crippen LogP) is 2.99. The summed E-state index contributed by atoms with van der Waals surface area (Å²) in [5, 5.41) is 19.1. The lowest BCUT2D eigenvalue weighted by atomic mass is 9.97. The molecule has 0 aromatic heterocycles. The third-order valence-electron chi connectivity index (χ3n) is 3.44. The Morgan fingerprint density at radius 1 is 1.30 bits per heavy atom. The van der Waals surface area contributed by atoms with E-state index in [9.17, 15) is 9.59 Å². The molecule has 0 spiro atoms. The van der Waals surface area contributed by atoms with Gasteiger partial charge >= 0.3 is 12.1 Å². The first kappa shape index (κ1) is 14.9. The SMILES string of the molecule is O=C(O)[C@@H]1C[C@@H](Cc2ccc(Cl)cc2Cl)CN1C(=O)O. The fourth-order valence-corrected chi connectivity index (χ4v) is 3.00. The summed E-state index contributed by atoms with van der Waals surface area (Å²) in [5.41, 5.74) is 0.845. The number of hydrogen-bond acceptors (Lipinski definition) is 2. The zero-order valence-corrected chi connectivity index (χ0v) is 11.9. The quantitative estimate of drug-likeness (QED) is 0.898. The number of carbonyl (C=O) groups is 2. The second kappa shape index (κ2) is 5.89. The summed E-state index contributed by atoms with van der Waals surface area (Å²) < 4.78 is 0. The highest BCUT2D eigenvalue weighted by molar-refractivity contribution is 6.35. The van der Waals surface area contributed by atoms with E-state index in [1.54, 1.807) is 18.2 Å². The number of nitrogens with zero attached hydrogens (tertiary/aromatic N) is 1. The molecule has 0 radical (unpaired) electrons. The molecule has 1 fully saturated rings. The van der Waals surface area contributed by atoms with Crippen LogP contribution in [0.1, 0.15) is 12.0 Å². The molecule has 1 saturated heterocycles. The number of likely N-dealkylation sites (tertiary alicyclic amines) is 1. The Kier molecular flexibility index (Phi) is 4.40. The van der Waals surface area contributed by atoms with Crippen molar-refractivity contribution in [2.24, 2.45) is 5.92 Å². The molecule has 7 heteroatoms. The summed E-state index contributed by atoms with van der Waals surface area (Å²) in [7, 11) is 0. The second-order valence-corrected chi connectivity index (χ2v) is 5.67. The van der Waals surface area contributed by atoms with E-state index in [0.717, 1.165) is 10.5 Å². The molecule has 1 aromatic rings. The van der Waals surface area contributed by atoms with Crippen molar-refractivity contribution in [2.45, 2.75) is 18.9 Å². The van der Waals surface area contributed by atoms with Crippen molar-refractivity contribution in [1.29, 1.82) is 0 Å². The van der Waals surface area contributed by atoms with E-state index < -0.39 is 18.1 Å². The van der Waals surface area contributed by atoms with Gasteiger partial charge in [-0.05, 0) is 36.5 Å². The molecule has 1 aromatic carbocycles. The Balaban J connectivity index is 2.11. The van der Waals surface area contributed by atoms with Crippen LogP contribution in [0.4, 0.5) is 4.79 Å². The van der Waals surface area contributed by atoms with Crippen LogP contribution in [0.5, 0.6) is 0 Å². The number of amides is 1. The topological polar surface area (TPSA) is 77.8 Å².